The molecule has 5 nitrogen and oxygen atoms in total. The highest BCUT2D eigenvalue weighted by Gasteiger charge is 2.16. The van der Waals surface area contributed by atoms with Crippen molar-refractivity contribution in [3.05, 3.63) is 59.7 Å². The van der Waals surface area contributed by atoms with E-state index in [1.54, 1.807) is 0 Å². The lowest BCUT2D eigenvalue weighted by molar-refractivity contribution is -0.122. The van der Waals surface area contributed by atoms with Gasteiger partial charge in [-0.3, -0.25) is 4.79 Å². The number of hydrogen-bond acceptors (Lipinski definition) is 4. The van der Waals surface area contributed by atoms with Crippen LogP contribution in [0.15, 0.2) is 48.5 Å². The standard InChI is InChI=1S/C16H16N2O3/c17-15(12-4-2-1-3-5-12)16(19)18-9-11-6-7-13-14(8-11)21-10-20-13/h1-8,15H,9-10,17H2,(H,18,19)/t15-/m1/s1. The molecule has 3 N–H and O–H groups in total. The van der Waals surface area contributed by atoms with Crippen molar-refractivity contribution in [1.29, 1.82) is 0 Å². The van der Waals surface area contributed by atoms with E-state index in [2.05, 4.69) is 5.32 Å². The summed E-state index contributed by atoms with van der Waals surface area (Å²) in [5.74, 6) is 1.22. The SMILES string of the molecule is N[C@@H](C(=O)NCc1ccc2c(c1)OCO2)c1ccccc1. The lowest BCUT2D eigenvalue weighted by Gasteiger charge is -2.12. The molecule has 3 rings (SSSR count). The van der Waals surface area contributed by atoms with Crippen LogP contribution < -0.4 is 20.5 Å². The van der Waals surface area contributed by atoms with Gasteiger partial charge in [0, 0.05) is 6.54 Å². The van der Waals surface area contributed by atoms with Crippen LogP contribution in [-0.2, 0) is 11.3 Å². The Morgan fingerprint density at radius 2 is 1.90 bits per heavy atom. The van der Waals surface area contributed by atoms with Crippen molar-refractivity contribution in [3.63, 3.8) is 0 Å². The van der Waals surface area contributed by atoms with E-state index in [4.69, 9.17) is 15.2 Å². The quantitative estimate of drug-likeness (QED) is 0.896. The lowest BCUT2D eigenvalue weighted by Crippen LogP contribution is -2.33. The molecule has 1 atom stereocenters. The van der Waals surface area contributed by atoms with Crippen LogP contribution in [0, 0.1) is 0 Å². The molecule has 0 spiro atoms. The van der Waals surface area contributed by atoms with Gasteiger partial charge in [-0.05, 0) is 23.3 Å². The molecule has 0 bridgehead atoms. The predicted octanol–water partition coefficient (Wildman–Crippen LogP) is 1.73. The van der Waals surface area contributed by atoms with Gasteiger partial charge in [0.2, 0.25) is 12.7 Å². The minimum Gasteiger partial charge on any atom is -0.454 e. The first-order valence-corrected chi connectivity index (χ1v) is 6.71. The van der Waals surface area contributed by atoms with Crippen LogP contribution in [0.5, 0.6) is 11.5 Å². The van der Waals surface area contributed by atoms with Gasteiger partial charge < -0.3 is 20.5 Å². The van der Waals surface area contributed by atoms with E-state index in [0.717, 1.165) is 16.9 Å². The monoisotopic (exact) mass is 284 g/mol. The molecule has 0 saturated heterocycles. The highest BCUT2D eigenvalue weighted by Crippen LogP contribution is 2.32. The van der Waals surface area contributed by atoms with Crippen LogP contribution in [-0.4, -0.2) is 12.7 Å². The first kappa shape index (κ1) is 13.5. The Bertz CT molecular complexity index is 643. The topological polar surface area (TPSA) is 73.6 Å². The summed E-state index contributed by atoms with van der Waals surface area (Å²) in [6.07, 6.45) is 0. The molecular weight excluding hydrogens is 268 g/mol. The minimum atomic E-state index is -0.666. The third-order valence-corrected chi connectivity index (χ3v) is 3.34. The van der Waals surface area contributed by atoms with Gasteiger partial charge in [-0.15, -0.1) is 0 Å². The molecule has 0 saturated carbocycles. The summed E-state index contributed by atoms with van der Waals surface area (Å²) in [4.78, 5) is 12.1. The van der Waals surface area contributed by atoms with Crippen molar-refractivity contribution < 1.29 is 14.3 Å². The Morgan fingerprint density at radius 3 is 2.71 bits per heavy atom. The normalized spacial score (nSPS) is 13.8. The zero-order valence-corrected chi connectivity index (χ0v) is 11.4. The van der Waals surface area contributed by atoms with Crippen LogP contribution >= 0.6 is 0 Å². The fourth-order valence-electron chi connectivity index (χ4n) is 2.16. The number of ether oxygens (including phenoxy) is 2. The second-order valence-electron chi connectivity index (χ2n) is 4.79. The number of carbonyl (C=O) groups excluding carboxylic acids is 1. The Hall–Kier alpha value is -2.53. The number of hydrogen-bond donors (Lipinski definition) is 2. The summed E-state index contributed by atoms with van der Waals surface area (Å²) in [6, 6.07) is 14.2. The Balaban J connectivity index is 1.61. The Kier molecular flexibility index (Phi) is 3.75. The van der Waals surface area contributed by atoms with Gasteiger partial charge in [0.15, 0.2) is 11.5 Å². The molecule has 21 heavy (non-hydrogen) atoms. The predicted molar refractivity (Wildman–Crippen MR) is 77.8 cm³/mol. The van der Waals surface area contributed by atoms with E-state index in [-0.39, 0.29) is 12.7 Å². The number of nitrogens with two attached hydrogens (primary N) is 1. The smallest absolute Gasteiger partial charge is 0.241 e. The molecule has 108 valence electrons. The van der Waals surface area contributed by atoms with Crippen LogP contribution in [0.2, 0.25) is 0 Å². The van der Waals surface area contributed by atoms with Crippen molar-refractivity contribution in [1.82, 2.24) is 5.32 Å². The zero-order chi connectivity index (χ0) is 14.7. The summed E-state index contributed by atoms with van der Waals surface area (Å²) in [5.41, 5.74) is 7.67. The van der Waals surface area contributed by atoms with Gasteiger partial charge in [0.25, 0.3) is 0 Å². The van der Waals surface area contributed by atoms with Gasteiger partial charge in [-0.1, -0.05) is 36.4 Å². The van der Waals surface area contributed by atoms with Crippen molar-refractivity contribution >= 4 is 5.91 Å². The molecule has 0 fully saturated rings. The number of rotatable bonds is 4. The maximum Gasteiger partial charge on any atom is 0.241 e. The first-order valence-electron chi connectivity index (χ1n) is 6.71. The van der Waals surface area contributed by atoms with Crippen LogP contribution in [0.1, 0.15) is 17.2 Å². The molecule has 0 aromatic heterocycles. The molecule has 2 aromatic rings. The molecule has 1 aliphatic heterocycles. The van der Waals surface area contributed by atoms with Crippen molar-refractivity contribution in [2.75, 3.05) is 6.79 Å². The lowest BCUT2D eigenvalue weighted by atomic mass is 10.1. The largest absolute Gasteiger partial charge is 0.454 e. The fourth-order valence-corrected chi connectivity index (χ4v) is 2.16. The number of amides is 1. The maximum atomic E-state index is 12.1. The van der Waals surface area contributed by atoms with Crippen molar-refractivity contribution in [2.45, 2.75) is 12.6 Å². The molecule has 0 unspecified atom stereocenters. The fraction of sp³-hybridized carbons (Fsp3) is 0.188. The average molecular weight is 284 g/mol. The number of fused-ring (bicyclic) bond motifs is 1. The average Bonchev–Trinajstić information content (AvgIpc) is 3.00. The second-order valence-corrected chi connectivity index (χ2v) is 4.79. The Morgan fingerprint density at radius 1 is 1.14 bits per heavy atom. The first-order chi connectivity index (χ1) is 10.2. The van der Waals surface area contributed by atoms with Crippen LogP contribution in [0.25, 0.3) is 0 Å². The summed E-state index contributed by atoms with van der Waals surface area (Å²) >= 11 is 0. The second kappa shape index (κ2) is 5.85. The van der Waals surface area contributed by atoms with Crippen molar-refractivity contribution in [2.24, 2.45) is 5.73 Å². The third-order valence-electron chi connectivity index (χ3n) is 3.34. The summed E-state index contributed by atoms with van der Waals surface area (Å²) < 4.78 is 10.5. The highest BCUT2D eigenvalue weighted by atomic mass is 16.7. The van der Waals surface area contributed by atoms with E-state index >= 15 is 0 Å². The zero-order valence-electron chi connectivity index (χ0n) is 11.4. The highest BCUT2D eigenvalue weighted by molar-refractivity contribution is 5.82. The van der Waals surface area contributed by atoms with Crippen LogP contribution in [0.3, 0.4) is 0 Å². The van der Waals surface area contributed by atoms with Crippen molar-refractivity contribution in [3.8, 4) is 11.5 Å². The van der Waals surface area contributed by atoms with E-state index in [9.17, 15) is 4.79 Å². The van der Waals surface area contributed by atoms with E-state index in [0.29, 0.717) is 12.3 Å². The molecule has 5 heteroatoms. The van der Waals surface area contributed by atoms with Gasteiger partial charge in [0.1, 0.15) is 6.04 Å². The van der Waals surface area contributed by atoms with Gasteiger partial charge in [-0.2, -0.15) is 0 Å². The molecule has 0 aliphatic carbocycles. The maximum absolute atomic E-state index is 12.1. The van der Waals surface area contributed by atoms with Gasteiger partial charge in [-0.25, -0.2) is 0 Å². The Labute approximate surface area is 122 Å². The van der Waals surface area contributed by atoms with Gasteiger partial charge in [0.05, 0.1) is 0 Å². The minimum absolute atomic E-state index is 0.209. The molecule has 1 heterocycles. The number of benzene rings is 2. The van der Waals surface area contributed by atoms with E-state index in [1.165, 1.54) is 0 Å². The summed E-state index contributed by atoms with van der Waals surface area (Å²) in [5, 5.41) is 2.83. The van der Waals surface area contributed by atoms with E-state index < -0.39 is 6.04 Å². The number of carbonyl (C=O) groups is 1. The summed E-state index contributed by atoms with van der Waals surface area (Å²) in [6.45, 7) is 0.639. The summed E-state index contributed by atoms with van der Waals surface area (Å²) in [7, 11) is 0. The molecule has 1 aliphatic rings. The van der Waals surface area contributed by atoms with E-state index in [1.807, 2.05) is 48.5 Å². The van der Waals surface area contributed by atoms with Crippen LogP contribution in [0.4, 0.5) is 0 Å². The third kappa shape index (κ3) is 2.98. The molecular formula is C16H16N2O3. The molecule has 2 aromatic carbocycles. The number of nitrogens with one attached hydrogen (secondary N) is 1. The molecule has 1 amide bonds. The molecule has 0 radical (unpaired) electrons. The van der Waals surface area contributed by atoms with Gasteiger partial charge >= 0.3 is 0 Å².